The van der Waals surface area contributed by atoms with Crippen LogP contribution in [0.3, 0.4) is 0 Å². The lowest BCUT2D eigenvalue weighted by molar-refractivity contribution is 1.08. The zero-order valence-corrected chi connectivity index (χ0v) is 9.29. The molecule has 0 aliphatic heterocycles. The molecule has 0 aliphatic rings. The molecule has 0 aromatic heterocycles. The van der Waals surface area contributed by atoms with Crippen LogP contribution in [0.15, 0.2) is 0 Å². The first-order valence-electron chi connectivity index (χ1n) is 1.67. The van der Waals surface area contributed by atoms with Crippen LogP contribution in [-0.2, 0) is 0 Å². The molecule has 0 amide bonds. The summed E-state index contributed by atoms with van der Waals surface area (Å²) in [7, 11) is 2.72. The molecule has 0 spiro atoms. The summed E-state index contributed by atoms with van der Waals surface area (Å²) in [6.45, 7) is 2.17. The van der Waals surface area contributed by atoms with Gasteiger partial charge in [-0.15, -0.1) is 33.2 Å². The lowest BCUT2D eigenvalue weighted by Crippen LogP contribution is -1.72. The fourth-order valence-corrected chi connectivity index (χ4v) is 0. The Morgan fingerprint density at radius 2 is 2.00 bits per heavy atom. The van der Waals surface area contributed by atoms with E-state index in [1.807, 2.05) is 0 Å². The van der Waals surface area contributed by atoms with Crippen molar-refractivity contribution in [1.82, 2.24) is 0 Å². The molecule has 6 heavy (non-hydrogen) atoms. The zero-order chi connectivity index (χ0) is 4.28. The third-order valence-electron chi connectivity index (χ3n) is 0.390. The molecule has 0 saturated carbocycles. The first-order chi connectivity index (χ1) is 2.27. The van der Waals surface area contributed by atoms with Gasteiger partial charge < -0.3 is 0 Å². The van der Waals surface area contributed by atoms with E-state index in [0.717, 1.165) is 3.67 Å². The minimum Gasteiger partial charge on any atom is -0.124 e. The van der Waals surface area contributed by atoms with E-state index in [9.17, 15) is 0 Å². The average Bonchev–Trinajstić information content (AvgIpc) is 1.38. The first-order valence-corrected chi connectivity index (χ1v) is 3.58. The van der Waals surface area contributed by atoms with Crippen LogP contribution in [0.2, 0.25) is 0 Å². The minimum absolute atomic E-state index is 0. The summed E-state index contributed by atoms with van der Waals surface area (Å²) >= 11 is 2.37. The minimum atomic E-state index is 0. The van der Waals surface area contributed by atoms with Crippen LogP contribution < -0.4 is 0 Å². The lowest BCUT2D eigenvalue weighted by atomic mass is 10.6. The van der Waals surface area contributed by atoms with Gasteiger partial charge in [-0.1, -0.05) is 29.5 Å². The van der Waals surface area contributed by atoms with Gasteiger partial charge in [-0.25, -0.2) is 0 Å². The van der Waals surface area contributed by atoms with Gasteiger partial charge in [0.05, 0.1) is 0 Å². The van der Waals surface area contributed by atoms with Gasteiger partial charge in [0.1, 0.15) is 0 Å². The number of rotatable bonds is 1. The molecule has 3 heteroatoms. The zero-order valence-electron chi connectivity index (χ0n) is 3.65. The molecule has 0 saturated heterocycles. The number of hydrogen-bond acceptors (Lipinski definition) is 0. The maximum Gasteiger partial charge on any atom is 0.0250 e. The summed E-state index contributed by atoms with van der Waals surface area (Å²) in [4.78, 5) is 0. The quantitative estimate of drug-likeness (QED) is 0.394. The van der Waals surface area contributed by atoms with Crippen molar-refractivity contribution in [3.8, 4) is 0 Å². The van der Waals surface area contributed by atoms with Crippen molar-refractivity contribution in [3.05, 3.63) is 0 Å². The van der Waals surface area contributed by atoms with E-state index in [0.29, 0.717) is 0 Å². The van der Waals surface area contributed by atoms with Crippen LogP contribution >= 0.6 is 55.8 Å². The smallest absolute Gasteiger partial charge is 0.0250 e. The molecule has 2 atom stereocenters. The van der Waals surface area contributed by atoms with Crippen molar-refractivity contribution in [1.29, 1.82) is 0 Å². The summed E-state index contributed by atoms with van der Waals surface area (Å²) in [6, 6.07) is 0. The van der Waals surface area contributed by atoms with E-state index in [4.69, 9.17) is 0 Å². The van der Waals surface area contributed by atoms with Gasteiger partial charge >= 0.3 is 0 Å². The van der Waals surface area contributed by atoms with Gasteiger partial charge in [-0.3, -0.25) is 0 Å². The molecule has 0 aliphatic carbocycles. The van der Waals surface area contributed by atoms with Crippen LogP contribution in [-0.4, -0.2) is 3.67 Å². The summed E-state index contributed by atoms with van der Waals surface area (Å²) < 4.78 is 0.771. The summed E-state index contributed by atoms with van der Waals surface area (Å²) in [5.74, 6) is 0. The molecule has 0 heterocycles. The third-order valence-corrected chi connectivity index (χ3v) is 1.74. The van der Waals surface area contributed by atoms with Crippen LogP contribution in [0, 0.1) is 0 Å². The molecule has 0 nitrogen and oxygen atoms in total. The molecule has 0 bridgehead atoms. The predicted molar refractivity (Wildman–Crippen MR) is 53.2 cm³/mol. The number of halogens is 2. The largest absolute Gasteiger partial charge is 0.124 e. The first kappa shape index (κ1) is 10.8. The van der Waals surface area contributed by atoms with Gasteiger partial charge in [0.25, 0.3) is 0 Å². The van der Waals surface area contributed by atoms with E-state index < -0.39 is 0 Å². The molecule has 0 aromatic rings. The molecule has 0 aromatic carbocycles. The van der Waals surface area contributed by atoms with Crippen molar-refractivity contribution in [2.45, 2.75) is 17.0 Å². The van der Waals surface area contributed by atoms with Crippen molar-refractivity contribution < 1.29 is 0 Å². The van der Waals surface area contributed by atoms with E-state index >= 15 is 0 Å². The molecular weight excluding hydrogens is 321 g/mol. The molecule has 0 rings (SSSR count). The summed E-state index contributed by atoms with van der Waals surface area (Å²) in [5.41, 5.74) is 0. The number of alkyl halides is 1. The van der Waals surface area contributed by atoms with Crippen LogP contribution in [0.4, 0.5) is 0 Å². The van der Waals surface area contributed by atoms with Gasteiger partial charge in [-0.05, 0) is 6.42 Å². The Labute approximate surface area is 72.2 Å². The Morgan fingerprint density at radius 3 is 2.00 bits per heavy atom. The lowest BCUT2D eigenvalue weighted by Gasteiger charge is -1.88. The van der Waals surface area contributed by atoms with E-state index in [1.165, 1.54) is 6.42 Å². The average molecular weight is 330 g/mol. The van der Waals surface area contributed by atoms with Crippen molar-refractivity contribution in [2.75, 3.05) is 0 Å². The Morgan fingerprint density at radius 1 is 1.83 bits per heavy atom. The Hall–Kier alpha value is 1.89. The third kappa shape index (κ3) is 9.31. The van der Waals surface area contributed by atoms with Crippen molar-refractivity contribution in [2.24, 2.45) is 0 Å². The van der Waals surface area contributed by atoms with Gasteiger partial charge in [0.2, 0.25) is 0 Å². The SMILES string of the molecule is CCC(P)I.I. The fraction of sp³-hybridized carbons (Fsp3) is 1.00. The maximum atomic E-state index is 2.72. The van der Waals surface area contributed by atoms with E-state index in [-0.39, 0.29) is 24.0 Å². The highest BCUT2D eigenvalue weighted by atomic mass is 127. The Bertz CT molecular complexity index is 22.8. The molecule has 2 unspecified atom stereocenters. The molecule has 0 radical (unpaired) electrons. The highest BCUT2D eigenvalue weighted by Gasteiger charge is 1.82. The van der Waals surface area contributed by atoms with Gasteiger partial charge in [-0.2, -0.15) is 0 Å². The topological polar surface area (TPSA) is 0 Å². The second-order valence-corrected chi connectivity index (χ2v) is 4.69. The number of hydrogen-bond donors (Lipinski definition) is 0. The van der Waals surface area contributed by atoms with E-state index in [1.54, 1.807) is 0 Å². The second kappa shape index (κ2) is 6.89. The van der Waals surface area contributed by atoms with Crippen LogP contribution in [0.1, 0.15) is 13.3 Å². The van der Waals surface area contributed by atoms with Crippen molar-refractivity contribution >= 4 is 55.8 Å². The molecule has 0 fully saturated rings. The standard InChI is InChI=1S/C3H8IP.HI/c1-2-3(4)5;/h3H,2,5H2,1H3;1H. The van der Waals surface area contributed by atoms with E-state index in [2.05, 4.69) is 38.8 Å². The second-order valence-electron chi connectivity index (χ2n) is 0.924. The Kier molecular flexibility index (Phi) is 12.4. The Balaban J connectivity index is 0. The summed E-state index contributed by atoms with van der Waals surface area (Å²) in [5, 5.41) is 0. The highest BCUT2D eigenvalue weighted by Crippen LogP contribution is 2.11. The van der Waals surface area contributed by atoms with Crippen LogP contribution in [0.25, 0.3) is 0 Å². The fourth-order valence-electron chi connectivity index (χ4n) is 0. The molecule has 0 N–H and O–H groups in total. The predicted octanol–water partition coefficient (Wildman–Crippen LogP) is 2.65. The highest BCUT2D eigenvalue weighted by molar-refractivity contribution is 14.1. The van der Waals surface area contributed by atoms with Crippen LogP contribution in [0.5, 0.6) is 0 Å². The monoisotopic (exact) mass is 330 g/mol. The van der Waals surface area contributed by atoms with Gasteiger partial charge in [0, 0.05) is 3.67 Å². The van der Waals surface area contributed by atoms with Crippen molar-refractivity contribution in [3.63, 3.8) is 0 Å². The summed E-state index contributed by atoms with van der Waals surface area (Å²) in [6.07, 6.45) is 1.26. The maximum absolute atomic E-state index is 2.72. The molecular formula is C3H9I2P. The van der Waals surface area contributed by atoms with Gasteiger partial charge in [0.15, 0.2) is 0 Å². The molecule has 40 valence electrons. The normalized spacial score (nSPS) is 12.5.